The lowest BCUT2D eigenvalue weighted by Crippen LogP contribution is -2.14. The summed E-state index contributed by atoms with van der Waals surface area (Å²) >= 11 is 0. The van der Waals surface area contributed by atoms with Gasteiger partial charge in [0.15, 0.2) is 0 Å². The summed E-state index contributed by atoms with van der Waals surface area (Å²) in [4.78, 5) is 0. The Labute approximate surface area is 104 Å². The van der Waals surface area contributed by atoms with Crippen LogP contribution in [0.3, 0.4) is 0 Å². The fourth-order valence-corrected chi connectivity index (χ4v) is 3.44. The molecule has 3 nitrogen and oxygen atoms in total. The molecule has 0 saturated carbocycles. The van der Waals surface area contributed by atoms with Crippen molar-refractivity contribution < 1.29 is 13.6 Å². The van der Waals surface area contributed by atoms with Gasteiger partial charge >= 0.3 is 7.60 Å². The standard InChI is InChI=1S/C13H21O3P/c1-4-10-15-17(14,16-11-5-2)13-9-7-6-8-12(13)3/h6-9H,4-5,10-11H2,1-3H3. The van der Waals surface area contributed by atoms with E-state index in [1.54, 1.807) is 0 Å². The molecule has 0 atom stereocenters. The molecular formula is C13H21O3P. The van der Waals surface area contributed by atoms with Crippen molar-refractivity contribution in [1.29, 1.82) is 0 Å². The number of aryl methyl sites for hydroxylation is 1. The third-order valence-electron chi connectivity index (χ3n) is 2.34. The Kier molecular flexibility index (Phi) is 5.90. The molecule has 0 bridgehead atoms. The molecule has 0 N–H and O–H groups in total. The van der Waals surface area contributed by atoms with E-state index in [4.69, 9.17) is 9.05 Å². The summed E-state index contributed by atoms with van der Waals surface area (Å²) in [6.07, 6.45) is 1.65. The third kappa shape index (κ3) is 3.95. The van der Waals surface area contributed by atoms with E-state index in [1.165, 1.54) is 0 Å². The van der Waals surface area contributed by atoms with Crippen molar-refractivity contribution in [2.75, 3.05) is 13.2 Å². The molecule has 0 amide bonds. The molecule has 0 fully saturated rings. The van der Waals surface area contributed by atoms with Gasteiger partial charge in [-0.1, -0.05) is 32.0 Å². The average molecular weight is 256 g/mol. The highest BCUT2D eigenvalue weighted by Crippen LogP contribution is 2.47. The lowest BCUT2D eigenvalue weighted by molar-refractivity contribution is 0.213. The number of hydrogen-bond acceptors (Lipinski definition) is 3. The van der Waals surface area contributed by atoms with Crippen LogP contribution in [0, 0.1) is 6.92 Å². The van der Waals surface area contributed by atoms with Crippen molar-refractivity contribution in [2.45, 2.75) is 33.6 Å². The first kappa shape index (κ1) is 14.4. The molecule has 0 aliphatic carbocycles. The van der Waals surface area contributed by atoms with Gasteiger partial charge in [-0.05, 0) is 31.4 Å². The quantitative estimate of drug-likeness (QED) is 0.698. The van der Waals surface area contributed by atoms with Gasteiger partial charge in [-0.15, -0.1) is 0 Å². The first-order chi connectivity index (χ1) is 8.14. The molecule has 0 unspecified atom stereocenters. The molecule has 4 heteroatoms. The van der Waals surface area contributed by atoms with Crippen LogP contribution >= 0.6 is 7.60 Å². The zero-order valence-corrected chi connectivity index (χ0v) is 11.7. The van der Waals surface area contributed by atoms with Gasteiger partial charge in [0.2, 0.25) is 0 Å². The van der Waals surface area contributed by atoms with Crippen LogP contribution in [0.1, 0.15) is 32.3 Å². The molecular weight excluding hydrogens is 235 g/mol. The van der Waals surface area contributed by atoms with Gasteiger partial charge in [0, 0.05) is 0 Å². The Bertz CT molecular complexity index is 378. The minimum atomic E-state index is -3.14. The van der Waals surface area contributed by atoms with Crippen LogP contribution in [0.5, 0.6) is 0 Å². The summed E-state index contributed by atoms with van der Waals surface area (Å²) in [5.41, 5.74) is 0.947. The van der Waals surface area contributed by atoms with Crippen LogP contribution in [-0.2, 0) is 13.6 Å². The topological polar surface area (TPSA) is 35.5 Å². The van der Waals surface area contributed by atoms with Gasteiger partial charge in [0.25, 0.3) is 0 Å². The number of rotatable bonds is 7. The van der Waals surface area contributed by atoms with Gasteiger partial charge < -0.3 is 9.05 Å². The zero-order valence-electron chi connectivity index (χ0n) is 10.8. The summed E-state index contributed by atoms with van der Waals surface area (Å²) in [6.45, 7) is 6.81. The van der Waals surface area contributed by atoms with Gasteiger partial charge in [-0.2, -0.15) is 0 Å². The third-order valence-corrected chi connectivity index (χ3v) is 4.48. The molecule has 1 aromatic carbocycles. The van der Waals surface area contributed by atoms with Crippen molar-refractivity contribution in [1.82, 2.24) is 0 Å². The molecule has 1 rings (SSSR count). The largest absolute Gasteiger partial charge is 0.361 e. The molecule has 0 spiro atoms. The van der Waals surface area contributed by atoms with E-state index < -0.39 is 7.60 Å². The van der Waals surface area contributed by atoms with Crippen LogP contribution in [0.4, 0.5) is 0 Å². The Morgan fingerprint density at radius 1 is 1.06 bits per heavy atom. The first-order valence-corrected chi connectivity index (χ1v) is 7.63. The van der Waals surface area contributed by atoms with Gasteiger partial charge in [0.05, 0.1) is 18.5 Å². The van der Waals surface area contributed by atoms with Crippen LogP contribution in [0.15, 0.2) is 24.3 Å². The highest BCUT2D eigenvalue weighted by molar-refractivity contribution is 7.62. The van der Waals surface area contributed by atoms with Gasteiger partial charge in [-0.25, -0.2) is 0 Å². The molecule has 0 radical (unpaired) electrons. The minimum absolute atomic E-state index is 0.454. The van der Waals surface area contributed by atoms with E-state index in [-0.39, 0.29) is 0 Å². The van der Waals surface area contributed by atoms with E-state index in [0.717, 1.165) is 18.4 Å². The molecule has 0 aromatic heterocycles. The van der Waals surface area contributed by atoms with Crippen LogP contribution in [-0.4, -0.2) is 13.2 Å². The predicted octanol–water partition coefficient (Wildman–Crippen LogP) is 3.67. The summed E-state index contributed by atoms with van der Waals surface area (Å²) in [7, 11) is -3.14. The van der Waals surface area contributed by atoms with Crippen molar-refractivity contribution >= 4 is 12.9 Å². The van der Waals surface area contributed by atoms with Gasteiger partial charge in [-0.3, -0.25) is 4.57 Å². The average Bonchev–Trinajstić information content (AvgIpc) is 2.34. The molecule has 1 aromatic rings. The summed E-state index contributed by atoms with van der Waals surface area (Å²) in [5.74, 6) is 0. The fraction of sp³-hybridized carbons (Fsp3) is 0.538. The second-order valence-corrected chi connectivity index (χ2v) is 5.94. The van der Waals surface area contributed by atoms with E-state index in [2.05, 4.69) is 0 Å². The maximum absolute atomic E-state index is 12.7. The Morgan fingerprint density at radius 3 is 2.06 bits per heavy atom. The normalized spacial score (nSPS) is 11.7. The van der Waals surface area contributed by atoms with Crippen LogP contribution < -0.4 is 5.30 Å². The smallest absolute Gasteiger partial charge is 0.305 e. The van der Waals surface area contributed by atoms with Gasteiger partial charge in [0.1, 0.15) is 0 Å². The molecule has 0 aliphatic rings. The summed E-state index contributed by atoms with van der Waals surface area (Å²) < 4.78 is 23.7. The van der Waals surface area contributed by atoms with Crippen molar-refractivity contribution in [2.24, 2.45) is 0 Å². The first-order valence-electron chi connectivity index (χ1n) is 6.09. The minimum Gasteiger partial charge on any atom is -0.305 e. The SMILES string of the molecule is CCCOP(=O)(OCCC)c1ccccc1C. The second kappa shape index (κ2) is 6.95. The Balaban J connectivity index is 2.97. The molecule has 0 aliphatic heterocycles. The Morgan fingerprint density at radius 2 is 1.59 bits per heavy atom. The molecule has 96 valence electrons. The highest BCUT2D eigenvalue weighted by atomic mass is 31.2. The number of hydrogen-bond donors (Lipinski definition) is 0. The van der Waals surface area contributed by atoms with E-state index >= 15 is 0 Å². The fourth-order valence-electron chi connectivity index (χ4n) is 1.47. The second-order valence-electron chi connectivity index (χ2n) is 3.95. The van der Waals surface area contributed by atoms with Crippen LogP contribution in [0.2, 0.25) is 0 Å². The Hall–Kier alpha value is -0.630. The van der Waals surface area contributed by atoms with E-state index in [9.17, 15) is 4.57 Å². The van der Waals surface area contributed by atoms with E-state index in [1.807, 2.05) is 45.0 Å². The zero-order chi connectivity index (χ0) is 12.7. The van der Waals surface area contributed by atoms with Crippen molar-refractivity contribution in [3.63, 3.8) is 0 Å². The molecule has 0 saturated heterocycles. The van der Waals surface area contributed by atoms with Crippen LogP contribution in [0.25, 0.3) is 0 Å². The summed E-state index contributed by atoms with van der Waals surface area (Å²) in [5, 5.41) is 0.682. The predicted molar refractivity (Wildman–Crippen MR) is 70.9 cm³/mol. The van der Waals surface area contributed by atoms with Crippen molar-refractivity contribution in [3.8, 4) is 0 Å². The highest BCUT2D eigenvalue weighted by Gasteiger charge is 2.28. The maximum Gasteiger partial charge on any atom is 0.361 e. The lowest BCUT2D eigenvalue weighted by Gasteiger charge is -2.19. The maximum atomic E-state index is 12.7. The summed E-state index contributed by atoms with van der Waals surface area (Å²) in [6, 6.07) is 7.52. The number of benzene rings is 1. The lowest BCUT2D eigenvalue weighted by atomic mass is 10.2. The van der Waals surface area contributed by atoms with Crippen molar-refractivity contribution in [3.05, 3.63) is 29.8 Å². The molecule has 17 heavy (non-hydrogen) atoms. The van der Waals surface area contributed by atoms with E-state index in [0.29, 0.717) is 18.5 Å². The monoisotopic (exact) mass is 256 g/mol. The molecule has 0 heterocycles.